The molecule has 6 rings (SSSR count). The molecule has 3 aliphatic rings. The summed E-state index contributed by atoms with van der Waals surface area (Å²) in [6, 6.07) is 5.38. The number of hydrogen-bond acceptors (Lipinski definition) is 5. The molecule has 0 radical (unpaired) electrons. The van der Waals surface area contributed by atoms with Crippen molar-refractivity contribution in [1.82, 2.24) is 20.1 Å². The van der Waals surface area contributed by atoms with Crippen molar-refractivity contribution >= 4 is 29.4 Å². The standard InChI is InChI=1S/C40H47ClF4N4O5/c1-21(2)11-32(38(53)46-31(18-34(50)51)30-17-27(12-24(5)36(30)42)35-22(3)13-28(41)14-23(35)4)47-37(52)29-7-8-33(40(43,44)45)49(39(29)54)10-6-9-48-19-25-15-26(16-25)20-48/h7-8,12-14,17,21,25-26,31-32H,6,9-11,15-16,18-20H2,1-5H3,(H,46,53)(H,47,52)(H,50,51)/t25?,26?,31-,32-/m0/s1. The molecule has 2 atom stereocenters. The monoisotopic (exact) mass is 774 g/mol. The van der Waals surface area contributed by atoms with E-state index in [0.29, 0.717) is 39.6 Å². The minimum absolute atomic E-state index is 0.0225. The van der Waals surface area contributed by atoms with Crippen molar-refractivity contribution in [2.24, 2.45) is 17.8 Å². The molecule has 2 aromatic carbocycles. The molecule has 2 bridgehead atoms. The number of halogens is 5. The number of pyridine rings is 1. The lowest BCUT2D eigenvalue weighted by molar-refractivity contribution is -0.144. The summed E-state index contributed by atoms with van der Waals surface area (Å²) in [5, 5.41) is 15.4. The third-order valence-corrected chi connectivity index (χ3v) is 10.6. The van der Waals surface area contributed by atoms with Crippen LogP contribution in [0.4, 0.5) is 17.6 Å². The summed E-state index contributed by atoms with van der Waals surface area (Å²) in [5.41, 5.74) is 0.176. The molecular formula is C40H47ClF4N4O5. The average molecular weight is 775 g/mol. The van der Waals surface area contributed by atoms with E-state index in [1.54, 1.807) is 32.0 Å². The topological polar surface area (TPSA) is 121 Å². The number of piperidine rings is 2. The quantitative estimate of drug-likeness (QED) is 0.146. The molecule has 0 unspecified atom stereocenters. The molecule has 1 saturated carbocycles. The number of carbonyl (C=O) groups excluding carboxylic acids is 2. The maximum atomic E-state index is 15.8. The first kappa shape index (κ1) is 40.9. The molecule has 0 spiro atoms. The van der Waals surface area contributed by atoms with Gasteiger partial charge in [0.05, 0.1) is 12.5 Å². The number of nitrogens with zero attached hydrogens (tertiary/aromatic N) is 2. The minimum Gasteiger partial charge on any atom is -0.481 e. The summed E-state index contributed by atoms with van der Waals surface area (Å²) in [6.45, 7) is 10.8. The number of aryl methyl sites for hydroxylation is 3. The lowest BCUT2D eigenvalue weighted by Gasteiger charge is -2.47. The molecule has 2 saturated heterocycles. The van der Waals surface area contributed by atoms with Gasteiger partial charge in [-0.05, 0) is 135 Å². The fourth-order valence-electron chi connectivity index (χ4n) is 8.02. The normalized spacial score (nSPS) is 18.2. The van der Waals surface area contributed by atoms with Gasteiger partial charge >= 0.3 is 12.1 Å². The molecule has 9 nitrogen and oxygen atoms in total. The summed E-state index contributed by atoms with van der Waals surface area (Å²) in [4.78, 5) is 55.3. The van der Waals surface area contributed by atoms with Crippen LogP contribution in [0.5, 0.6) is 0 Å². The Morgan fingerprint density at radius 1 is 0.944 bits per heavy atom. The minimum atomic E-state index is -4.85. The number of alkyl halides is 3. The van der Waals surface area contributed by atoms with Gasteiger partial charge < -0.3 is 25.2 Å². The van der Waals surface area contributed by atoms with Crippen LogP contribution in [-0.2, 0) is 22.3 Å². The van der Waals surface area contributed by atoms with Crippen LogP contribution in [0.1, 0.15) is 90.3 Å². The second-order valence-corrected chi connectivity index (χ2v) is 15.8. The summed E-state index contributed by atoms with van der Waals surface area (Å²) >= 11 is 6.23. The zero-order chi connectivity index (χ0) is 39.6. The second-order valence-electron chi connectivity index (χ2n) is 15.3. The van der Waals surface area contributed by atoms with E-state index in [0.717, 1.165) is 35.8 Å². The Balaban J connectivity index is 1.40. The smallest absolute Gasteiger partial charge is 0.431 e. The average Bonchev–Trinajstić information content (AvgIpc) is 3.04. The molecule has 1 aliphatic carbocycles. The van der Waals surface area contributed by atoms with Gasteiger partial charge in [-0.2, -0.15) is 13.2 Å². The van der Waals surface area contributed by atoms with Gasteiger partial charge in [-0.25, -0.2) is 4.39 Å². The Hall–Kier alpha value is -4.23. The lowest BCUT2D eigenvalue weighted by atomic mass is 9.71. The number of aromatic nitrogens is 1. The van der Waals surface area contributed by atoms with E-state index >= 15 is 4.39 Å². The number of nitrogens with one attached hydrogen (secondary N) is 2. The molecule has 2 amide bonds. The molecule has 14 heteroatoms. The molecule has 54 heavy (non-hydrogen) atoms. The van der Waals surface area contributed by atoms with Crippen LogP contribution >= 0.6 is 11.6 Å². The van der Waals surface area contributed by atoms with Crippen LogP contribution in [0, 0.1) is 44.3 Å². The zero-order valence-corrected chi connectivity index (χ0v) is 31.8. The number of benzene rings is 2. The number of carbonyl (C=O) groups is 3. The Kier molecular flexibility index (Phi) is 12.6. The van der Waals surface area contributed by atoms with Crippen LogP contribution in [0.3, 0.4) is 0 Å². The van der Waals surface area contributed by atoms with Crippen LogP contribution < -0.4 is 16.2 Å². The zero-order valence-electron chi connectivity index (χ0n) is 31.1. The second kappa shape index (κ2) is 16.6. The summed E-state index contributed by atoms with van der Waals surface area (Å²) in [5.74, 6) is -2.95. The predicted octanol–water partition coefficient (Wildman–Crippen LogP) is 7.46. The third-order valence-electron chi connectivity index (χ3n) is 10.4. The van der Waals surface area contributed by atoms with E-state index in [9.17, 15) is 37.5 Å². The van der Waals surface area contributed by atoms with E-state index in [1.807, 2.05) is 13.8 Å². The Bertz CT molecular complexity index is 1940. The molecule has 292 valence electrons. The largest absolute Gasteiger partial charge is 0.481 e. The highest BCUT2D eigenvalue weighted by atomic mass is 35.5. The number of fused-ring (bicyclic) bond motifs is 2. The van der Waals surface area contributed by atoms with Gasteiger partial charge in [0.15, 0.2) is 0 Å². The molecule has 3 fully saturated rings. The van der Waals surface area contributed by atoms with E-state index in [1.165, 1.54) is 25.8 Å². The van der Waals surface area contributed by atoms with Crippen LogP contribution in [0.2, 0.25) is 5.02 Å². The van der Waals surface area contributed by atoms with E-state index < -0.39 is 65.1 Å². The van der Waals surface area contributed by atoms with Gasteiger partial charge in [0.1, 0.15) is 23.1 Å². The maximum absolute atomic E-state index is 15.8. The highest BCUT2D eigenvalue weighted by molar-refractivity contribution is 6.30. The summed E-state index contributed by atoms with van der Waals surface area (Å²) in [7, 11) is 0. The van der Waals surface area contributed by atoms with Crippen molar-refractivity contribution in [3.63, 3.8) is 0 Å². The van der Waals surface area contributed by atoms with Crippen molar-refractivity contribution in [2.75, 3.05) is 19.6 Å². The summed E-state index contributed by atoms with van der Waals surface area (Å²) in [6.07, 6.45) is -2.91. The number of hydrogen-bond donors (Lipinski definition) is 3. The van der Waals surface area contributed by atoms with Crippen LogP contribution in [-0.4, -0.2) is 58.0 Å². The van der Waals surface area contributed by atoms with Crippen molar-refractivity contribution in [3.8, 4) is 11.1 Å². The highest BCUT2D eigenvalue weighted by Crippen LogP contribution is 2.39. The molecule has 3 aromatic rings. The van der Waals surface area contributed by atoms with Crippen molar-refractivity contribution in [1.29, 1.82) is 0 Å². The summed E-state index contributed by atoms with van der Waals surface area (Å²) < 4.78 is 58.5. The van der Waals surface area contributed by atoms with Gasteiger partial charge in [-0.15, -0.1) is 0 Å². The van der Waals surface area contributed by atoms with Crippen molar-refractivity contribution in [3.05, 3.63) is 91.1 Å². The Morgan fingerprint density at radius 3 is 2.15 bits per heavy atom. The first-order chi connectivity index (χ1) is 25.3. The van der Waals surface area contributed by atoms with Gasteiger partial charge in [0, 0.05) is 30.2 Å². The van der Waals surface area contributed by atoms with Crippen molar-refractivity contribution < 1.29 is 37.1 Å². The fourth-order valence-corrected chi connectivity index (χ4v) is 8.35. The van der Waals surface area contributed by atoms with Crippen molar-refractivity contribution in [2.45, 2.75) is 91.5 Å². The van der Waals surface area contributed by atoms with E-state index in [2.05, 4.69) is 15.5 Å². The lowest BCUT2D eigenvalue weighted by Crippen LogP contribution is -2.50. The molecule has 3 N–H and O–H groups in total. The van der Waals surface area contributed by atoms with Gasteiger partial charge in [-0.3, -0.25) is 19.2 Å². The predicted molar refractivity (Wildman–Crippen MR) is 198 cm³/mol. The van der Waals surface area contributed by atoms with Gasteiger partial charge in [0.2, 0.25) is 5.91 Å². The fraction of sp³-hybridized carbons (Fsp3) is 0.500. The third kappa shape index (κ3) is 9.52. The highest BCUT2D eigenvalue weighted by Gasteiger charge is 2.38. The number of carboxylic acids is 1. The number of amides is 2. The van der Waals surface area contributed by atoms with Gasteiger partial charge in [-0.1, -0.05) is 25.4 Å². The SMILES string of the molecule is Cc1cc(-c2c(C)cc(Cl)cc2C)cc([C@H](CC(=O)O)NC(=O)[C@H](CC(C)C)NC(=O)c2ccc(C(F)(F)F)n(CCCN3CC4CC(C4)C3)c2=O)c1F. The van der Waals surface area contributed by atoms with E-state index in [-0.39, 0.29) is 36.4 Å². The Labute approximate surface area is 317 Å². The number of carboxylic acid groups (broad SMARTS) is 1. The van der Waals surface area contributed by atoms with Gasteiger partial charge in [0.25, 0.3) is 11.5 Å². The molecule has 3 heterocycles. The van der Waals surface area contributed by atoms with Crippen LogP contribution in [0.25, 0.3) is 11.1 Å². The first-order valence-electron chi connectivity index (χ1n) is 18.3. The molecule has 1 aromatic heterocycles. The number of rotatable bonds is 14. The first-order valence-corrected chi connectivity index (χ1v) is 18.6. The Morgan fingerprint density at radius 2 is 1.57 bits per heavy atom. The molecular weight excluding hydrogens is 728 g/mol. The number of aliphatic carboxylic acids is 1. The maximum Gasteiger partial charge on any atom is 0.431 e. The van der Waals surface area contributed by atoms with Crippen LogP contribution in [0.15, 0.2) is 41.2 Å². The molecule has 2 aliphatic heterocycles. The van der Waals surface area contributed by atoms with E-state index in [4.69, 9.17) is 11.6 Å².